The van der Waals surface area contributed by atoms with Gasteiger partial charge in [-0.05, 0) is 42.5 Å². The van der Waals surface area contributed by atoms with E-state index < -0.39 is 17.6 Å². The number of carbonyl (C=O) groups is 1. The van der Waals surface area contributed by atoms with Crippen LogP contribution in [0.3, 0.4) is 0 Å². The Bertz CT molecular complexity index is 1210. The summed E-state index contributed by atoms with van der Waals surface area (Å²) >= 11 is 1.13. The number of thioether (sulfide) groups is 1. The molecule has 10 heteroatoms. The van der Waals surface area contributed by atoms with E-state index in [2.05, 4.69) is 20.5 Å². The Hall–Kier alpha value is -3.66. The van der Waals surface area contributed by atoms with E-state index in [1.165, 1.54) is 12.1 Å². The number of nitrogens with one attached hydrogen (secondary N) is 1. The van der Waals surface area contributed by atoms with Gasteiger partial charge in [-0.1, -0.05) is 36.0 Å². The van der Waals surface area contributed by atoms with Crippen molar-refractivity contribution in [3.8, 4) is 17.1 Å². The van der Waals surface area contributed by atoms with Gasteiger partial charge < -0.3 is 5.32 Å². The molecule has 0 radical (unpaired) electrons. The molecular weight excluding hydrogens is 439 g/mol. The van der Waals surface area contributed by atoms with Crippen LogP contribution in [0.4, 0.5) is 18.9 Å². The van der Waals surface area contributed by atoms with Gasteiger partial charge in [-0.2, -0.15) is 13.2 Å². The molecule has 1 N–H and O–H groups in total. The molecule has 2 aromatic heterocycles. The molecule has 0 fully saturated rings. The average molecular weight is 455 g/mol. The fourth-order valence-electron chi connectivity index (χ4n) is 2.96. The van der Waals surface area contributed by atoms with Crippen molar-refractivity contribution in [3.05, 3.63) is 84.7 Å². The van der Waals surface area contributed by atoms with Gasteiger partial charge in [-0.15, -0.1) is 10.2 Å². The van der Waals surface area contributed by atoms with Crippen molar-refractivity contribution in [2.75, 3.05) is 11.1 Å². The van der Waals surface area contributed by atoms with Gasteiger partial charge in [0.2, 0.25) is 5.91 Å². The molecule has 4 aromatic rings. The third-order valence-electron chi connectivity index (χ3n) is 4.39. The molecule has 1 amide bonds. The molecule has 0 spiro atoms. The van der Waals surface area contributed by atoms with Crippen molar-refractivity contribution in [1.82, 2.24) is 19.7 Å². The number of carbonyl (C=O) groups excluding carboxylic acids is 1. The number of amides is 1. The first-order valence-corrected chi connectivity index (χ1v) is 10.4. The number of alkyl halides is 3. The van der Waals surface area contributed by atoms with Gasteiger partial charge in [0.1, 0.15) is 0 Å². The molecule has 162 valence electrons. The third-order valence-corrected chi connectivity index (χ3v) is 5.32. The van der Waals surface area contributed by atoms with E-state index >= 15 is 0 Å². The minimum Gasteiger partial charge on any atom is -0.325 e. The summed E-state index contributed by atoms with van der Waals surface area (Å²) in [6, 6.07) is 17.5. The number of para-hydroxylation sites is 1. The lowest BCUT2D eigenvalue weighted by Gasteiger charge is -2.11. The first-order chi connectivity index (χ1) is 15.4. The molecule has 0 aliphatic carbocycles. The summed E-state index contributed by atoms with van der Waals surface area (Å²) in [7, 11) is 0. The van der Waals surface area contributed by atoms with E-state index in [1.807, 2.05) is 34.9 Å². The predicted molar refractivity (Wildman–Crippen MR) is 115 cm³/mol. The maximum atomic E-state index is 12.9. The Morgan fingerprint density at radius 2 is 1.72 bits per heavy atom. The van der Waals surface area contributed by atoms with Gasteiger partial charge in [0.25, 0.3) is 0 Å². The van der Waals surface area contributed by atoms with E-state index in [-0.39, 0.29) is 11.4 Å². The molecule has 4 rings (SSSR count). The number of aromatic nitrogens is 4. The highest BCUT2D eigenvalue weighted by Crippen LogP contribution is 2.31. The lowest BCUT2D eigenvalue weighted by atomic mass is 10.2. The fourth-order valence-corrected chi connectivity index (χ4v) is 3.71. The van der Waals surface area contributed by atoms with Crippen LogP contribution in [0.2, 0.25) is 0 Å². The number of hydrogen-bond donors (Lipinski definition) is 1. The van der Waals surface area contributed by atoms with E-state index in [0.717, 1.165) is 35.1 Å². The molecule has 2 heterocycles. The van der Waals surface area contributed by atoms with Gasteiger partial charge in [0, 0.05) is 29.3 Å². The van der Waals surface area contributed by atoms with Crippen LogP contribution in [0.1, 0.15) is 5.56 Å². The van der Waals surface area contributed by atoms with Gasteiger partial charge in [-0.3, -0.25) is 14.3 Å². The van der Waals surface area contributed by atoms with Crippen molar-refractivity contribution in [2.45, 2.75) is 11.3 Å². The van der Waals surface area contributed by atoms with Crippen molar-refractivity contribution < 1.29 is 18.0 Å². The number of nitrogens with zero attached hydrogens (tertiary/aromatic N) is 4. The molecule has 0 unspecified atom stereocenters. The molecule has 6 nitrogen and oxygen atoms in total. The van der Waals surface area contributed by atoms with Crippen molar-refractivity contribution >= 4 is 23.4 Å². The highest BCUT2D eigenvalue weighted by atomic mass is 32.2. The summed E-state index contributed by atoms with van der Waals surface area (Å²) in [6.45, 7) is 0. The Kier molecular flexibility index (Phi) is 6.22. The van der Waals surface area contributed by atoms with Crippen molar-refractivity contribution in [3.63, 3.8) is 0 Å². The van der Waals surface area contributed by atoms with Gasteiger partial charge >= 0.3 is 6.18 Å². The van der Waals surface area contributed by atoms with Crippen LogP contribution >= 0.6 is 11.8 Å². The van der Waals surface area contributed by atoms with Crippen LogP contribution < -0.4 is 5.32 Å². The van der Waals surface area contributed by atoms with Crippen LogP contribution in [0.5, 0.6) is 0 Å². The number of pyridine rings is 1. The summed E-state index contributed by atoms with van der Waals surface area (Å²) < 4.78 is 40.5. The molecule has 0 bridgehead atoms. The number of rotatable bonds is 6. The largest absolute Gasteiger partial charge is 0.416 e. The van der Waals surface area contributed by atoms with Gasteiger partial charge in [0.05, 0.1) is 11.3 Å². The molecule has 2 aromatic carbocycles. The second kappa shape index (κ2) is 9.23. The second-order valence-corrected chi connectivity index (χ2v) is 7.57. The Labute approximate surface area is 185 Å². The standard InChI is InChI=1S/C22H16F3N5OS/c23-22(24,25)16-5-4-6-17(13-16)27-19(31)14-32-21-29-28-20(15-9-11-26-12-10-15)30(21)18-7-2-1-3-8-18/h1-13H,14H2,(H,27,31). The van der Waals surface area contributed by atoms with E-state index in [4.69, 9.17) is 0 Å². The molecule has 0 saturated carbocycles. The minimum atomic E-state index is -4.48. The van der Waals surface area contributed by atoms with Crippen LogP contribution in [0.15, 0.2) is 84.3 Å². The first-order valence-electron chi connectivity index (χ1n) is 9.43. The van der Waals surface area contributed by atoms with E-state index in [0.29, 0.717) is 11.0 Å². The summed E-state index contributed by atoms with van der Waals surface area (Å²) in [5.74, 6) is 0.0687. The Morgan fingerprint density at radius 3 is 2.44 bits per heavy atom. The highest BCUT2D eigenvalue weighted by molar-refractivity contribution is 7.99. The van der Waals surface area contributed by atoms with E-state index in [9.17, 15) is 18.0 Å². The molecule has 0 saturated heterocycles. The Balaban J connectivity index is 1.54. The maximum absolute atomic E-state index is 12.9. The van der Waals surface area contributed by atoms with Crippen LogP contribution in [-0.2, 0) is 11.0 Å². The molecule has 0 aliphatic heterocycles. The topological polar surface area (TPSA) is 72.7 Å². The van der Waals surface area contributed by atoms with Gasteiger partial charge in [-0.25, -0.2) is 0 Å². The summed E-state index contributed by atoms with van der Waals surface area (Å²) in [5.41, 5.74) is 0.864. The number of anilines is 1. The van der Waals surface area contributed by atoms with E-state index in [1.54, 1.807) is 24.5 Å². The predicted octanol–water partition coefficient (Wildman–Crippen LogP) is 5.08. The van der Waals surface area contributed by atoms with Gasteiger partial charge in [0.15, 0.2) is 11.0 Å². The lowest BCUT2D eigenvalue weighted by molar-refractivity contribution is -0.137. The van der Waals surface area contributed by atoms with Crippen LogP contribution in [0.25, 0.3) is 17.1 Å². The summed E-state index contributed by atoms with van der Waals surface area (Å²) in [5, 5.41) is 11.5. The molecular formula is C22H16F3N5OS. The van der Waals surface area contributed by atoms with Crippen molar-refractivity contribution in [2.24, 2.45) is 0 Å². The SMILES string of the molecule is O=C(CSc1nnc(-c2ccncc2)n1-c1ccccc1)Nc1cccc(C(F)(F)F)c1. The monoisotopic (exact) mass is 455 g/mol. The minimum absolute atomic E-state index is 0.0580. The van der Waals surface area contributed by atoms with Crippen LogP contribution in [-0.4, -0.2) is 31.4 Å². The number of benzene rings is 2. The normalized spacial score (nSPS) is 11.3. The molecule has 0 atom stereocenters. The Morgan fingerprint density at radius 1 is 0.969 bits per heavy atom. The summed E-state index contributed by atoms with van der Waals surface area (Å²) in [4.78, 5) is 16.4. The third kappa shape index (κ3) is 4.97. The average Bonchev–Trinajstić information content (AvgIpc) is 3.22. The smallest absolute Gasteiger partial charge is 0.325 e. The summed E-state index contributed by atoms with van der Waals surface area (Å²) in [6.07, 6.45) is -1.19. The maximum Gasteiger partial charge on any atom is 0.416 e. The molecule has 32 heavy (non-hydrogen) atoms. The highest BCUT2D eigenvalue weighted by Gasteiger charge is 2.30. The quantitative estimate of drug-likeness (QED) is 0.411. The molecule has 0 aliphatic rings. The van der Waals surface area contributed by atoms with Crippen LogP contribution in [0, 0.1) is 0 Å². The zero-order chi connectivity index (χ0) is 22.6. The van der Waals surface area contributed by atoms with Crippen molar-refractivity contribution in [1.29, 1.82) is 0 Å². The fraction of sp³-hybridized carbons (Fsp3) is 0.0909. The zero-order valence-electron chi connectivity index (χ0n) is 16.5. The second-order valence-electron chi connectivity index (χ2n) is 6.63. The number of halogens is 3. The lowest BCUT2D eigenvalue weighted by Crippen LogP contribution is -2.15. The first kappa shape index (κ1) is 21.6. The zero-order valence-corrected chi connectivity index (χ0v) is 17.3. The number of hydrogen-bond acceptors (Lipinski definition) is 5.